The zero-order valence-electron chi connectivity index (χ0n) is 19.1. The van der Waals surface area contributed by atoms with Gasteiger partial charge in [0.25, 0.3) is 11.2 Å². The van der Waals surface area contributed by atoms with E-state index in [0.29, 0.717) is 25.4 Å². The van der Waals surface area contributed by atoms with E-state index in [2.05, 4.69) is 19.4 Å². The molecule has 11 nitrogen and oxygen atoms in total. The van der Waals surface area contributed by atoms with Gasteiger partial charge < -0.3 is 24.9 Å². The van der Waals surface area contributed by atoms with E-state index < -0.39 is 26.9 Å². The van der Waals surface area contributed by atoms with E-state index >= 15 is 0 Å². The third-order valence-corrected chi connectivity index (χ3v) is 8.26. The molecule has 3 heterocycles. The highest BCUT2D eigenvalue weighted by Gasteiger charge is 2.31. The number of rotatable bonds is 6. The highest BCUT2D eigenvalue weighted by molar-refractivity contribution is 7.89. The average molecular weight is 510 g/mol. The van der Waals surface area contributed by atoms with Crippen molar-refractivity contribution in [1.82, 2.24) is 9.62 Å². The second-order valence-electron chi connectivity index (χ2n) is 7.90. The third-order valence-electron chi connectivity index (χ3n) is 5.65. The van der Waals surface area contributed by atoms with Crippen molar-refractivity contribution in [3.63, 3.8) is 0 Å². The van der Waals surface area contributed by atoms with Crippen LogP contribution in [0.3, 0.4) is 0 Å². The van der Waals surface area contributed by atoms with Crippen LogP contribution in [0.1, 0.15) is 36.5 Å². The highest BCUT2D eigenvalue weighted by atomic mass is 32.2. The molecule has 1 unspecified atom stereocenters. The SMILES string of the molecule is CC[C@@H](NC1=NS(=O)N=C1Nc1cccc(S(=O)(=O)N2CCOCC2)c1O)c1cc(C)c(C)o1. The van der Waals surface area contributed by atoms with Crippen molar-refractivity contribution in [1.29, 1.82) is 0 Å². The van der Waals surface area contributed by atoms with Gasteiger partial charge in [0, 0.05) is 13.1 Å². The summed E-state index contributed by atoms with van der Waals surface area (Å²) in [4.78, 5) is -0.237. The molecule has 1 fully saturated rings. The molecule has 0 spiro atoms. The molecule has 4 rings (SSSR count). The molecule has 2 aliphatic heterocycles. The number of phenols is 1. The Morgan fingerprint density at radius 2 is 1.91 bits per heavy atom. The molecule has 0 bridgehead atoms. The number of para-hydroxylation sites is 1. The first-order valence-electron chi connectivity index (χ1n) is 10.8. The van der Waals surface area contributed by atoms with Crippen LogP contribution in [0.25, 0.3) is 0 Å². The summed E-state index contributed by atoms with van der Waals surface area (Å²) >= 11 is -1.87. The van der Waals surface area contributed by atoms with Gasteiger partial charge in [-0.2, -0.15) is 4.31 Å². The van der Waals surface area contributed by atoms with Crippen molar-refractivity contribution in [3.8, 4) is 5.75 Å². The fourth-order valence-corrected chi connectivity index (χ4v) is 5.77. The maximum atomic E-state index is 13.0. The topological polar surface area (TPSA) is 146 Å². The molecule has 13 heteroatoms. The molecule has 1 saturated heterocycles. The van der Waals surface area contributed by atoms with Gasteiger partial charge in [0.2, 0.25) is 10.0 Å². The van der Waals surface area contributed by atoms with Gasteiger partial charge in [-0.25, -0.2) is 12.6 Å². The lowest BCUT2D eigenvalue weighted by atomic mass is 10.1. The van der Waals surface area contributed by atoms with Gasteiger partial charge in [0.15, 0.2) is 17.4 Å². The zero-order chi connectivity index (χ0) is 24.5. The molecule has 0 saturated carbocycles. The number of hydrogen-bond donors (Lipinski definition) is 3. The summed E-state index contributed by atoms with van der Waals surface area (Å²) in [6, 6.07) is 6.02. The number of ether oxygens (including phenoxy) is 1. The number of anilines is 1. The number of morpholine rings is 1. The predicted molar refractivity (Wildman–Crippen MR) is 129 cm³/mol. The van der Waals surface area contributed by atoms with E-state index in [9.17, 15) is 17.7 Å². The Morgan fingerprint density at radius 1 is 1.21 bits per heavy atom. The van der Waals surface area contributed by atoms with Crippen molar-refractivity contribution in [2.75, 3.05) is 31.6 Å². The summed E-state index contributed by atoms with van der Waals surface area (Å²) in [6.45, 7) is 6.79. The molecule has 1 aromatic carbocycles. The number of aromatic hydroxyl groups is 1. The third kappa shape index (κ3) is 4.87. The van der Waals surface area contributed by atoms with Crippen molar-refractivity contribution < 1.29 is 26.9 Å². The molecule has 1 aromatic heterocycles. The second-order valence-corrected chi connectivity index (χ2v) is 10.6. The largest absolute Gasteiger partial charge is 0.504 e. The standard InChI is InChI=1S/C21H27N5O6S2/c1-4-15(17-12-13(2)14(3)32-17)22-20-21(25-33(28)24-20)23-16-6-5-7-18(19(16)27)34(29,30)26-8-10-31-11-9-26/h5-7,12,15,27H,4,8-11H2,1-3H3,(H,22,24)(H,23,25)/t15-,33?/m1/s1. The van der Waals surface area contributed by atoms with Gasteiger partial charge in [-0.1, -0.05) is 13.0 Å². The number of hydrogen-bond acceptors (Lipinski definition) is 8. The Morgan fingerprint density at radius 3 is 2.56 bits per heavy atom. The predicted octanol–water partition coefficient (Wildman–Crippen LogP) is 2.17. The van der Waals surface area contributed by atoms with Gasteiger partial charge in [0.05, 0.1) is 24.9 Å². The van der Waals surface area contributed by atoms with Crippen molar-refractivity contribution in [3.05, 3.63) is 41.3 Å². The molecular formula is C21H27N5O6S2. The average Bonchev–Trinajstić information content (AvgIpc) is 3.34. The Hall–Kier alpha value is -2.74. The van der Waals surface area contributed by atoms with E-state index in [1.165, 1.54) is 22.5 Å². The highest BCUT2D eigenvalue weighted by Crippen LogP contribution is 2.33. The van der Waals surface area contributed by atoms with Gasteiger partial charge in [-0.15, -0.1) is 8.80 Å². The summed E-state index contributed by atoms with van der Waals surface area (Å²) < 4.78 is 58.5. The van der Waals surface area contributed by atoms with Crippen molar-refractivity contribution in [2.45, 2.75) is 38.1 Å². The quantitative estimate of drug-likeness (QED) is 0.502. The number of sulfonamides is 1. The Balaban J connectivity index is 1.57. The fourth-order valence-electron chi connectivity index (χ4n) is 3.64. The van der Waals surface area contributed by atoms with E-state index in [-0.39, 0.29) is 41.4 Å². The summed E-state index contributed by atoms with van der Waals surface area (Å²) in [5.41, 5.74) is 1.11. The first kappa shape index (κ1) is 24.4. The van der Waals surface area contributed by atoms with Crippen LogP contribution in [0.5, 0.6) is 5.75 Å². The van der Waals surface area contributed by atoms with Crippen LogP contribution >= 0.6 is 0 Å². The number of furan rings is 1. The van der Waals surface area contributed by atoms with E-state index in [4.69, 9.17) is 9.15 Å². The minimum atomic E-state index is -3.93. The molecule has 0 radical (unpaired) electrons. The number of nitrogens with one attached hydrogen (secondary N) is 2. The molecule has 3 N–H and O–H groups in total. The smallest absolute Gasteiger partial charge is 0.269 e. The lowest BCUT2D eigenvalue weighted by Gasteiger charge is -2.26. The number of phenolic OH excluding ortho intramolecular Hbond substituents is 1. The minimum Gasteiger partial charge on any atom is -0.504 e. The van der Waals surface area contributed by atoms with E-state index in [0.717, 1.165) is 11.3 Å². The van der Waals surface area contributed by atoms with Crippen LogP contribution in [0.4, 0.5) is 5.69 Å². The molecule has 34 heavy (non-hydrogen) atoms. The maximum Gasteiger partial charge on any atom is 0.269 e. The Bertz CT molecular complexity index is 1240. The lowest BCUT2D eigenvalue weighted by molar-refractivity contribution is 0.0729. The van der Waals surface area contributed by atoms with Crippen LogP contribution < -0.4 is 10.6 Å². The summed E-state index contributed by atoms with van der Waals surface area (Å²) in [6.07, 6.45) is 0.657. The first-order chi connectivity index (χ1) is 16.2. The number of aryl methyl sites for hydroxylation is 2. The van der Waals surface area contributed by atoms with E-state index in [1.54, 1.807) is 0 Å². The molecule has 0 amide bonds. The monoisotopic (exact) mass is 509 g/mol. The zero-order valence-corrected chi connectivity index (χ0v) is 20.7. The van der Waals surface area contributed by atoms with Gasteiger partial charge in [-0.05, 0) is 44.0 Å². The van der Waals surface area contributed by atoms with Gasteiger partial charge >= 0.3 is 0 Å². The van der Waals surface area contributed by atoms with Crippen molar-refractivity contribution in [2.24, 2.45) is 8.80 Å². The van der Waals surface area contributed by atoms with Crippen LogP contribution in [0.2, 0.25) is 0 Å². The molecule has 2 aliphatic rings. The molecule has 0 aliphatic carbocycles. The minimum absolute atomic E-state index is 0.0965. The second kappa shape index (κ2) is 9.86. The molecule has 184 valence electrons. The lowest BCUT2D eigenvalue weighted by Crippen LogP contribution is -2.40. The number of benzene rings is 1. The van der Waals surface area contributed by atoms with Crippen LogP contribution in [0, 0.1) is 13.8 Å². The van der Waals surface area contributed by atoms with Crippen molar-refractivity contribution >= 4 is 38.6 Å². The summed E-state index contributed by atoms with van der Waals surface area (Å²) in [7, 11) is -3.93. The number of amidine groups is 2. The Labute approximate surface area is 200 Å². The van der Waals surface area contributed by atoms with Crippen LogP contribution in [-0.2, 0) is 25.9 Å². The fraction of sp³-hybridized carbons (Fsp3) is 0.429. The van der Waals surface area contributed by atoms with Crippen LogP contribution in [0.15, 0.2) is 42.4 Å². The van der Waals surface area contributed by atoms with Gasteiger partial charge in [0.1, 0.15) is 16.4 Å². The van der Waals surface area contributed by atoms with Gasteiger partial charge in [-0.3, -0.25) is 0 Å². The summed E-state index contributed by atoms with van der Waals surface area (Å²) in [5, 5.41) is 16.9. The number of nitrogens with zero attached hydrogens (tertiary/aromatic N) is 3. The first-order valence-corrected chi connectivity index (χ1v) is 13.3. The maximum absolute atomic E-state index is 13.0. The molecule has 2 aromatic rings. The van der Waals surface area contributed by atoms with Crippen LogP contribution in [-0.4, -0.2) is 60.0 Å². The van der Waals surface area contributed by atoms with E-state index in [1.807, 2.05) is 26.8 Å². The summed E-state index contributed by atoms with van der Waals surface area (Å²) in [5.74, 6) is 1.39. The Kier molecular flexibility index (Phi) is 7.07. The molecule has 2 atom stereocenters. The normalized spacial score (nSPS) is 20.0. The molecular weight excluding hydrogens is 482 g/mol.